The van der Waals surface area contributed by atoms with Crippen LogP contribution >= 0.6 is 0 Å². The Balaban J connectivity index is 1.61. The highest BCUT2D eigenvalue weighted by atomic mass is 15.3. The van der Waals surface area contributed by atoms with E-state index < -0.39 is 0 Å². The van der Waals surface area contributed by atoms with E-state index in [2.05, 4.69) is 65.4 Å². The van der Waals surface area contributed by atoms with Gasteiger partial charge in [-0.15, -0.1) is 0 Å². The first-order valence-electron chi connectivity index (χ1n) is 10.1. The molecular weight excluding hydrogens is 332 g/mol. The lowest BCUT2D eigenvalue weighted by Crippen LogP contribution is -2.30. The van der Waals surface area contributed by atoms with Crippen LogP contribution in [0, 0.1) is 0 Å². The molecule has 2 fully saturated rings. The molecule has 2 heterocycles. The Morgan fingerprint density at radius 1 is 0.852 bits per heavy atom. The lowest BCUT2D eigenvalue weighted by molar-refractivity contribution is 0.504. The number of benzene rings is 2. The largest absolute Gasteiger partial charge is 0.363 e. The molecule has 0 N–H and O–H groups in total. The van der Waals surface area contributed by atoms with Crippen molar-refractivity contribution >= 4 is 11.8 Å². The first kappa shape index (κ1) is 16.5. The first-order chi connectivity index (χ1) is 13.3. The second-order valence-electron chi connectivity index (χ2n) is 7.75. The molecule has 0 unspecified atom stereocenters. The van der Waals surface area contributed by atoms with E-state index in [1.807, 2.05) is 0 Å². The zero-order valence-corrected chi connectivity index (χ0v) is 15.9. The average molecular weight is 358 g/mol. The van der Waals surface area contributed by atoms with Gasteiger partial charge in [-0.3, -0.25) is 0 Å². The third-order valence-corrected chi connectivity index (χ3v) is 6.00. The summed E-state index contributed by atoms with van der Waals surface area (Å²) in [6.45, 7) is 3.23. The Kier molecular flexibility index (Phi) is 4.19. The normalized spacial score (nSPS) is 21.2. The fourth-order valence-corrected chi connectivity index (χ4v) is 4.53. The van der Waals surface area contributed by atoms with Crippen molar-refractivity contribution in [3.8, 4) is 11.1 Å². The van der Waals surface area contributed by atoms with Gasteiger partial charge in [0.25, 0.3) is 0 Å². The number of hydrogen-bond donors (Lipinski definition) is 0. The Morgan fingerprint density at radius 3 is 2.07 bits per heavy atom. The van der Waals surface area contributed by atoms with Crippen LogP contribution in [0.3, 0.4) is 0 Å². The van der Waals surface area contributed by atoms with Gasteiger partial charge in [0.1, 0.15) is 11.9 Å². The van der Waals surface area contributed by atoms with Crippen molar-refractivity contribution in [3.05, 3.63) is 59.7 Å². The Morgan fingerprint density at radius 2 is 1.48 bits per heavy atom. The average Bonchev–Trinajstić information content (AvgIpc) is 3.43. The van der Waals surface area contributed by atoms with Gasteiger partial charge in [0.05, 0.1) is 0 Å². The van der Waals surface area contributed by atoms with Gasteiger partial charge >= 0.3 is 0 Å². The van der Waals surface area contributed by atoms with Gasteiger partial charge in [0, 0.05) is 33.1 Å². The third kappa shape index (κ3) is 2.93. The molecule has 2 aromatic rings. The molecule has 2 saturated heterocycles. The first-order valence-corrected chi connectivity index (χ1v) is 10.1. The molecule has 4 nitrogen and oxygen atoms in total. The zero-order valence-electron chi connectivity index (χ0n) is 15.9. The lowest BCUT2D eigenvalue weighted by atomic mass is 10.1. The molecule has 3 aliphatic rings. The summed E-state index contributed by atoms with van der Waals surface area (Å²) in [6, 6.07) is 17.4. The van der Waals surface area contributed by atoms with Crippen LogP contribution in [0.15, 0.2) is 58.5 Å². The van der Waals surface area contributed by atoms with Crippen molar-refractivity contribution in [2.24, 2.45) is 9.98 Å². The summed E-state index contributed by atoms with van der Waals surface area (Å²) in [5, 5.41) is 0. The molecule has 0 bridgehead atoms. The van der Waals surface area contributed by atoms with E-state index in [0.717, 1.165) is 32.0 Å². The predicted octanol–water partition coefficient (Wildman–Crippen LogP) is 4.33. The van der Waals surface area contributed by atoms with Gasteiger partial charge in [0.15, 0.2) is 0 Å². The van der Waals surface area contributed by atoms with E-state index in [-0.39, 0.29) is 6.04 Å². The number of likely N-dealkylation sites (tertiary alicyclic amines) is 2. The van der Waals surface area contributed by atoms with E-state index in [4.69, 9.17) is 9.98 Å². The standard InChI is InChI=1S/C23H26N4/c1-26-14-8-13-21(26)24-23(27-15-6-7-16-27)25-22-19-11-4-2-9-17(19)18-10-3-5-12-20(18)22/h2-5,9-12,22H,6-8,13-16H2,1H3. The number of nitrogens with zero attached hydrogens (tertiary/aromatic N) is 4. The molecule has 138 valence electrons. The molecule has 0 saturated carbocycles. The molecule has 2 aliphatic heterocycles. The summed E-state index contributed by atoms with van der Waals surface area (Å²) < 4.78 is 0. The highest BCUT2D eigenvalue weighted by molar-refractivity contribution is 5.97. The summed E-state index contributed by atoms with van der Waals surface area (Å²) in [5.41, 5.74) is 5.23. The van der Waals surface area contributed by atoms with Gasteiger partial charge in [0.2, 0.25) is 5.96 Å². The van der Waals surface area contributed by atoms with Crippen LogP contribution < -0.4 is 0 Å². The molecule has 5 rings (SSSR count). The van der Waals surface area contributed by atoms with Crippen LogP contribution in [0.4, 0.5) is 0 Å². The van der Waals surface area contributed by atoms with Gasteiger partial charge in [-0.05, 0) is 41.5 Å². The van der Waals surface area contributed by atoms with Crippen LogP contribution in [0.5, 0.6) is 0 Å². The van der Waals surface area contributed by atoms with Crippen LogP contribution in [-0.4, -0.2) is 48.3 Å². The number of guanidine groups is 1. The highest BCUT2D eigenvalue weighted by Gasteiger charge is 2.29. The molecule has 2 aromatic carbocycles. The number of fused-ring (bicyclic) bond motifs is 3. The molecule has 1 aliphatic carbocycles. The fourth-order valence-electron chi connectivity index (χ4n) is 4.53. The second-order valence-corrected chi connectivity index (χ2v) is 7.75. The number of rotatable bonds is 1. The summed E-state index contributed by atoms with van der Waals surface area (Å²) in [5.74, 6) is 2.10. The number of amidine groups is 1. The van der Waals surface area contributed by atoms with E-state index in [0.29, 0.717) is 0 Å². The summed E-state index contributed by atoms with van der Waals surface area (Å²) in [4.78, 5) is 15.0. The quantitative estimate of drug-likeness (QED) is 0.561. The second kappa shape index (κ2) is 6.84. The van der Waals surface area contributed by atoms with Gasteiger partial charge < -0.3 is 9.80 Å². The van der Waals surface area contributed by atoms with Gasteiger partial charge in [-0.25, -0.2) is 9.98 Å². The van der Waals surface area contributed by atoms with E-state index in [1.165, 1.54) is 47.4 Å². The number of hydrogen-bond acceptors (Lipinski definition) is 1. The summed E-state index contributed by atoms with van der Waals surface area (Å²) in [7, 11) is 2.15. The topological polar surface area (TPSA) is 31.2 Å². The van der Waals surface area contributed by atoms with E-state index in [1.54, 1.807) is 0 Å². The van der Waals surface area contributed by atoms with Gasteiger partial charge in [-0.1, -0.05) is 48.5 Å². The predicted molar refractivity (Wildman–Crippen MR) is 111 cm³/mol. The maximum absolute atomic E-state index is 5.27. The number of aliphatic imine (C=N–C) groups is 2. The Hall–Kier alpha value is -2.62. The van der Waals surface area contributed by atoms with Gasteiger partial charge in [-0.2, -0.15) is 0 Å². The minimum atomic E-state index is 0.0454. The minimum absolute atomic E-state index is 0.0454. The molecule has 0 radical (unpaired) electrons. The fraction of sp³-hybridized carbons (Fsp3) is 0.391. The van der Waals surface area contributed by atoms with Crippen molar-refractivity contribution in [1.29, 1.82) is 0 Å². The van der Waals surface area contributed by atoms with E-state index >= 15 is 0 Å². The Bertz CT molecular complexity index is 863. The molecule has 4 heteroatoms. The van der Waals surface area contributed by atoms with Crippen LogP contribution in [0.1, 0.15) is 42.9 Å². The lowest BCUT2D eigenvalue weighted by Gasteiger charge is -2.21. The molecule has 27 heavy (non-hydrogen) atoms. The van der Waals surface area contributed by atoms with Crippen LogP contribution in [-0.2, 0) is 0 Å². The van der Waals surface area contributed by atoms with E-state index in [9.17, 15) is 0 Å². The molecule has 0 spiro atoms. The molecule has 0 amide bonds. The van der Waals surface area contributed by atoms with Crippen LogP contribution in [0.2, 0.25) is 0 Å². The monoisotopic (exact) mass is 358 g/mol. The molecule has 0 aromatic heterocycles. The summed E-state index contributed by atoms with van der Waals surface area (Å²) >= 11 is 0. The smallest absolute Gasteiger partial charge is 0.223 e. The third-order valence-electron chi connectivity index (χ3n) is 6.00. The maximum atomic E-state index is 5.27. The molecular formula is C23H26N4. The van der Waals surface area contributed by atoms with Crippen molar-refractivity contribution in [1.82, 2.24) is 9.80 Å². The van der Waals surface area contributed by atoms with Crippen molar-refractivity contribution in [2.45, 2.75) is 31.7 Å². The SMILES string of the molecule is CN1CCCC1=NC(=NC1c2ccccc2-c2ccccc21)N1CCCC1. The Labute approximate surface area is 161 Å². The van der Waals surface area contributed by atoms with Crippen molar-refractivity contribution in [2.75, 3.05) is 26.7 Å². The maximum Gasteiger partial charge on any atom is 0.223 e. The minimum Gasteiger partial charge on any atom is -0.363 e. The van der Waals surface area contributed by atoms with Crippen LogP contribution in [0.25, 0.3) is 11.1 Å². The summed E-state index contributed by atoms with van der Waals surface area (Å²) in [6.07, 6.45) is 4.72. The highest BCUT2D eigenvalue weighted by Crippen LogP contribution is 2.45. The molecule has 0 atom stereocenters. The zero-order chi connectivity index (χ0) is 18.2. The van der Waals surface area contributed by atoms with Crippen molar-refractivity contribution < 1.29 is 0 Å². The van der Waals surface area contributed by atoms with Crippen molar-refractivity contribution in [3.63, 3.8) is 0 Å².